The highest BCUT2D eigenvalue weighted by molar-refractivity contribution is 7.90. The first-order valence-electron chi connectivity index (χ1n) is 13.0. The zero-order valence-electron chi connectivity index (χ0n) is 22.3. The van der Waals surface area contributed by atoms with Crippen LogP contribution in [0.25, 0.3) is 0 Å². The van der Waals surface area contributed by atoms with E-state index in [9.17, 15) is 22.8 Å². The average Bonchev–Trinajstić information content (AvgIpc) is 3.12. The van der Waals surface area contributed by atoms with Gasteiger partial charge >= 0.3 is 0 Å². The zero-order chi connectivity index (χ0) is 28.2. The maximum absolute atomic E-state index is 13.9. The molecule has 0 bridgehead atoms. The van der Waals surface area contributed by atoms with Crippen LogP contribution in [0.3, 0.4) is 0 Å². The first-order valence-corrected chi connectivity index (χ1v) is 14.4. The lowest BCUT2D eigenvalue weighted by atomic mass is 10.0. The second-order valence-corrected chi connectivity index (χ2v) is 11.7. The number of rotatable bonds is 10. The molecular formula is C30H33N3O5S. The predicted molar refractivity (Wildman–Crippen MR) is 148 cm³/mol. The molecule has 0 spiro atoms. The van der Waals surface area contributed by atoms with Crippen LogP contribution >= 0.6 is 0 Å². The SMILES string of the molecule is CC[C@@H](C)NC(=O)[C@@H](Cc1ccccc1)N(Cc1ccc(C)cc1)C(=O)CN1C(=O)c2ccccc2S1(=O)=O. The summed E-state index contributed by atoms with van der Waals surface area (Å²) < 4.78 is 27.0. The number of amides is 3. The van der Waals surface area contributed by atoms with Gasteiger partial charge in [-0.15, -0.1) is 0 Å². The number of fused-ring (bicyclic) bond motifs is 1. The molecule has 0 unspecified atom stereocenters. The fourth-order valence-corrected chi connectivity index (χ4v) is 6.00. The average molecular weight is 548 g/mol. The number of carbonyl (C=O) groups is 3. The topological polar surface area (TPSA) is 104 Å². The summed E-state index contributed by atoms with van der Waals surface area (Å²) in [7, 11) is -4.19. The number of nitrogens with zero attached hydrogens (tertiary/aromatic N) is 2. The van der Waals surface area contributed by atoms with E-state index in [1.54, 1.807) is 6.07 Å². The van der Waals surface area contributed by atoms with Crippen molar-refractivity contribution in [3.8, 4) is 0 Å². The van der Waals surface area contributed by atoms with Crippen LogP contribution in [-0.4, -0.2) is 54.0 Å². The van der Waals surface area contributed by atoms with Gasteiger partial charge < -0.3 is 10.2 Å². The fourth-order valence-electron chi connectivity index (χ4n) is 4.49. The van der Waals surface area contributed by atoms with Crippen LogP contribution in [0.15, 0.2) is 83.8 Å². The first-order chi connectivity index (χ1) is 18.6. The maximum atomic E-state index is 13.9. The van der Waals surface area contributed by atoms with Crippen LogP contribution in [0.4, 0.5) is 0 Å². The Morgan fingerprint density at radius 1 is 0.923 bits per heavy atom. The van der Waals surface area contributed by atoms with Crippen LogP contribution < -0.4 is 5.32 Å². The molecular weight excluding hydrogens is 514 g/mol. The van der Waals surface area contributed by atoms with Crippen molar-refractivity contribution in [1.29, 1.82) is 0 Å². The van der Waals surface area contributed by atoms with E-state index >= 15 is 0 Å². The van der Waals surface area contributed by atoms with Gasteiger partial charge in [0.1, 0.15) is 17.5 Å². The van der Waals surface area contributed by atoms with Crippen LogP contribution in [0.5, 0.6) is 0 Å². The molecule has 204 valence electrons. The summed E-state index contributed by atoms with van der Waals surface area (Å²) in [5.41, 5.74) is 2.70. The molecule has 1 heterocycles. The van der Waals surface area contributed by atoms with E-state index < -0.39 is 34.4 Å². The minimum atomic E-state index is -4.19. The number of hydrogen-bond acceptors (Lipinski definition) is 5. The van der Waals surface area contributed by atoms with Crippen molar-refractivity contribution in [3.05, 3.63) is 101 Å². The molecule has 1 N–H and O–H groups in total. The van der Waals surface area contributed by atoms with Crippen molar-refractivity contribution in [1.82, 2.24) is 14.5 Å². The van der Waals surface area contributed by atoms with Crippen LogP contribution in [0.2, 0.25) is 0 Å². The van der Waals surface area contributed by atoms with Crippen molar-refractivity contribution in [2.24, 2.45) is 0 Å². The van der Waals surface area contributed by atoms with Crippen LogP contribution in [-0.2, 0) is 32.6 Å². The highest BCUT2D eigenvalue weighted by atomic mass is 32.2. The molecule has 1 aliphatic heterocycles. The van der Waals surface area contributed by atoms with E-state index in [1.807, 2.05) is 75.4 Å². The standard InChI is InChI=1S/C30H33N3O5S/c1-4-22(3)31-29(35)26(18-23-10-6-5-7-11-23)32(19-24-16-14-21(2)15-17-24)28(34)20-33-30(36)25-12-8-9-13-27(25)39(33,37)38/h5-17,22,26H,4,18-20H2,1-3H3,(H,31,35)/t22-,26-/m1/s1. The Labute approximate surface area is 229 Å². The van der Waals surface area contributed by atoms with E-state index in [0.717, 1.165) is 16.7 Å². The van der Waals surface area contributed by atoms with Gasteiger partial charge in [-0.05, 0) is 43.5 Å². The molecule has 8 nitrogen and oxygen atoms in total. The number of nitrogens with one attached hydrogen (secondary N) is 1. The molecule has 3 aromatic rings. The smallest absolute Gasteiger partial charge is 0.269 e. The van der Waals surface area contributed by atoms with E-state index in [1.165, 1.54) is 23.1 Å². The highest BCUT2D eigenvalue weighted by Crippen LogP contribution is 2.30. The second-order valence-electron chi connectivity index (χ2n) is 9.84. The van der Waals surface area contributed by atoms with Crippen LogP contribution in [0, 0.1) is 6.92 Å². The zero-order valence-corrected chi connectivity index (χ0v) is 23.1. The van der Waals surface area contributed by atoms with Crippen molar-refractivity contribution in [2.45, 2.75) is 57.1 Å². The van der Waals surface area contributed by atoms with Crippen molar-refractivity contribution < 1.29 is 22.8 Å². The molecule has 0 saturated heterocycles. The van der Waals surface area contributed by atoms with Crippen molar-refractivity contribution in [3.63, 3.8) is 0 Å². The number of benzene rings is 3. The normalized spacial score (nSPS) is 15.4. The van der Waals surface area contributed by atoms with E-state index in [0.29, 0.717) is 10.7 Å². The van der Waals surface area contributed by atoms with E-state index in [-0.39, 0.29) is 35.4 Å². The van der Waals surface area contributed by atoms with Gasteiger partial charge in [-0.3, -0.25) is 14.4 Å². The summed E-state index contributed by atoms with van der Waals surface area (Å²) in [5, 5.41) is 2.98. The fraction of sp³-hybridized carbons (Fsp3) is 0.300. The molecule has 0 aliphatic carbocycles. The second kappa shape index (κ2) is 11.8. The van der Waals surface area contributed by atoms with Crippen molar-refractivity contribution >= 4 is 27.7 Å². The lowest BCUT2D eigenvalue weighted by Crippen LogP contribution is -2.54. The number of sulfonamides is 1. The Bertz CT molecular complexity index is 1460. The lowest BCUT2D eigenvalue weighted by molar-refractivity contribution is -0.141. The molecule has 0 radical (unpaired) electrons. The summed E-state index contributed by atoms with van der Waals surface area (Å²) >= 11 is 0. The Balaban J connectivity index is 1.71. The Morgan fingerprint density at radius 2 is 1.56 bits per heavy atom. The third kappa shape index (κ3) is 6.20. The van der Waals surface area contributed by atoms with Crippen LogP contribution in [0.1, 0.15) is 47.3 Å². The maximum Gasteiger partial charge on any atom is 0.269 e. The van der Waals surface area contributed by atoms with Gasteiger partial charge in [0.25, 0.3) is 15.9 Å². The summed E-state index contributed by atoms with van der Waals surface area (Å²) in [6.07, 6.45) is 0.927. The minimum Gasteiger partial charge on any atom is -0.352 e. The highest BCUT2D eigenvalue weighted by Gasteiger charge is 2.43. The van der Waals surface area contributed by atoms with Gasteiger partial charge in [-0.25, -0.2) is 12.7 Å². The third-order valence-electron chi connectivity index (χ3n) is 6.94. The lowest BCUT2D eigenvalue weighted by Gasteiger charge is -2.33. The summed E-state index contributed by atoms with van der Waals surface area (Å²) in [6, 6.07) is 21.8. The predicted octanol–water partition coefficient (Wildman–Crippen LogP) is 3.69. The van der Waals surface area contributed by atoms with Gasteiger partial charge in [0.2, 0.25) is 11.8 Å². The summed E-state index contributed by atoms with van der Waals surface area (Å²) in [4.78, 5) is 41.9. The monoisotopic (exact) mass is 547 g/mol. The summed E-state index contributed by atoms with van der Waals surface area (Å²) in [5.74, 6) is -1.73. The van der Waals surface area contributed by atoms with Gasteiger partial charge in [-0.2, -0.15) is 0 Å². The number of aryl methyl sites for hydroxylation is 1. The first kappa shape index (κ1) is 28.0. The summed E-state index contributed by atoms with van der Waals surface area (Å²) in [6.45, 7) is 5.15. The Hall–Kier alpha value is -3.98. The molecule has 0 saturated carbocycles. The molecule has 1 aliphatic rings. The number of carbonyl (C=O) groups excluding carboxylic acids is 3. The quantitative estimate of drug-likeness (QED) is 0.417. The molecule has 2 atom stereocenters. The molecule has 3 amide bonds. The third-order valence-corrected chi connectivity index (χ3v) is 8.72. The van der Waals surface area contributed by atoms with Crippen molar-refractivity contribution in [2.75, 3.05) is 6.54 Å². The van der Waals surface area contributed by atoms with Gasteiger partial charge in [0.05, 0.1) is 5.56 Å². The molecule has 0 aromatic heterocycles. The number of hydrogen-bond donors (Lipinski definition) is 1. The molecule has 4 rings (SSSR count). The Kier molecular flexibility index (Phi) is 8.50. The van der Waals surface area contributed by atoms with Gasteiger partial charge in [-0.1, -0.05) is 79.2 Å². The van der Waals surface area contributed by atoms with E-state index in [4.69, 9.17) is 0 Å². The minimum absolute atomic E-state index is 0.0331. The molecule has 39 heavy (non-hydrogen) atoms. The molecule has 9 heteroatoms. The van der Waals surface area contributed by atoms with E-state index in [2.05, 4.69) is 5.32 Å². The van der Waals surface area contributed by atoms with Gasteiger partial charge in [0, 0.05) is 19.0 Å². The molecule has 0 fully saturated rings. The molecule has 3 aromatic carbocycles. The van der Waals surface area contributed by atoms with Gasteiger partial charge in [0.15, 0.2) is 0 Å². The largest absolute Gasteiger partial charge is 0.352 e. The Morgan fingerprint density at radius 3 is 2.21 bits per heavy atom.